The molecule has 2 N–H and O–H groups in total. The maximum atomic E-state index is 12.6. The lowest BCUT2D eigenvalue weighted by molar-refractivity contribution is 0.0957. The van der Waals surface area contributed by atoms with Crippen molar-refractivity contribution in [2.24, 2.45) is 5.10 Å². The molecule has 3 aromatic carbocycles. The average molecular weight is 506 g/mol. The number of amides is 1. The second kappa shape index (κ2) is 8.65. The molecule has 0 spiro atoms. The maximum Gasteiger partial charge on any atom is 0.273 e. The van der Waals surface area contributed by atoms with E-state index < -0.39 is 0 Å². The van der Waals surface area contributed by atoms with E-state index in [4.69, 9.17) is 11.6 Å². The van der Waals surface area contributed by atoms with E-state index in [1.165, 1.54) is 0 Å². The maximum absolute atomic E-state index is 12.6. The Bertz CT molecular complexity index is 1470. The quantitative estimate of drug-likeness (QED) is 0.212. The monoisotopic (exact) mass is 504 g/mol. The molecule has 0 radical (unpaired) electrons. The van der Waals surface area contributed by atoms with Crippen LogP contribution in [-0.2, 0) is 6.54 Å². The second-order valence-electron chi connectivity index (χ2n) is 7.45. The summed E-state index contributed by atoms with van der Waals surface area (Å²) in [5.74, 6) is -0.259. The molecule has 158 valence electrons. The van der Waals surface area contributed by atoms with E-state index in [0.29, 0.717) is 17.1 Å². The van der Waals surface area contributed by atoms with Gasteiger partial charge in [-0.25, -0.2) is 5.43 Å². The summed E-state index contributed by atoms with van der Waals surface area (Å²) in [5.41, 5.74) is 7.25. The van der Waals surface area contributed by atoms with Gasteiger partial charge in [0.05, 0.1) is 11.8 Å². The molecule has 5 rings (SSSR count). The molecule has 0 aliphatic heterocycles. The van der Waals surface area contributed by atoms with Crippen molar-refractivity contribution in [1.82, 2.24) is 15.0 Å². The molecule has 0 bridgehead atoms. The number of nitrogens with zero attached hydrogens (tertiary/aromatic N) is 2. The number of carbonyl (C=O) groups is 1. The SMILES string of the molecule is O=C(N/N=C/c1cn(Cc2ccc(Cl)cc2)c2ccc(Br)cc12)c1c[nH]c2ccccc12. The molecule has 2 heterocycles. The zero-order valence-electron chi connectivity index (χ0n) is 16.8. The van der Waals surface area contributed by atoms with Crippen LogP contribution >= 0.6 is 27.5 Å². The molecule has 0 saturated heterocycles. The highest BCUT2D eigenvalue weighted by Gasteiger charge is 2.12. The molecule has 7 heteroatoms. The number of fused-ring (bicyclic) bond motifs is 2. The number of carbonyl (C=O) groups excluding carboxylic acids is 1. The van der Waals surface area contributed by atoms with Gasteiger partial charge in [0.2, 0.25) is 0 Å². The predicted octanol–water partition coefficient (Wildman–Crippen LogP) is 6.35. The largest absolute Gasteiger partial charge is 0.360 e. The topological polar surface area (TPSA) is 62.2 Å². The van der Waals surface area contributed by atoms with Crippen molar-refractivity contribution in [3.63, 3.8) is 0 Å². The van der Waals surface area contributed by atoms with E-state index in [-0.39, 0.29) is 5.91 Å². The van der Waals surface area contributed by atoms with Gasteiger partial charge in [-0.05, 0) is 42.0 Å². The number of nitrogens with one attached hydrogen (secondary N) is 2. The number of aromatic nitrogens is 2. The van der Waals surface area contributed by atoms with Crippen molar-refractivity contribution in [2.45, 2.75) is 6.54 Å². The predicted molar refractivity (Wildman–Crippen MR) is 134 cm³/mol. The fraction of sp³-hybridized carbons (Fsp3) is 0.0400. The van der Waals surface area contributed by atoms with Crippen LogP contribution in [0.25, 0.3) is 21.8 Å². The Kier molecular flexibility index (Phi) is 5.55. The van der Waals surface area contributed by atoms with Crippen molar-refractivity contribution < 1.29 is 4.79 Å². The molecule has 5 nitrogen and oxygen atoms in total. The molecule has 0 atom stereocenters. The number of halogens is 2. The Hall–Kier alpha value is -3.35. The molecule has 1 amide bonds. The van der Waals surface area contributed by atoms with Gasteiger partial charge in [0.1, 0.15) is 0 Å². The summed E-state index contributed by atoms with van der Waals surface area (Å²) in [6.07, 6.45) is 5.41. The molecule has 0 saturated carbocycles. The molecule has 32 heavy (non-hydrogen) atoms. The molecule has 0 unspecified atom stereocenters. The third kappa shape index (κ3) is 4.07. The van der Waals surface area contributed by atoms with Crippen LogP contribution in [0.15, 0.2) is 88.7 Å². The standard InChI is InChI=1S/C25H18BrClN4O/c26-18-7-10-24-21(11-18)17(15-31(24)14-16-5-8-19(27)9-6-16)12-29-30-25(32)22-13-28-23-4-2-1-3-20(22)23/h1-13,15,28H,14H2,(H,30,32)/b29-12+. The summed E-state index contributed by atoms with van der Waals surface area (Å²) >= 11 is 9.57. The smallest absolute Gasteiger partial charge is 0.273 e. The van der Waals surface area contributed by atoms with E-state index >= 15 is 0 Å². The zero-order valence-corrected chi connectivity index (χ0v) is 19.2. The van der Waals surface area contributed by atoms with Crippen LogP contribution < -0.4 is 5.43 Å². The summed E-state index contributed by atoms with van der Waals surface area (Å²) < 4.78 is 3.14. The summed E-state index contributed by atoms with van der Waals surface area (Å²) in [4.78, 5) is 15.7. The van der Waals surface area contributed by atoms with Crippen molar-refractivity contribution in [1.29, 1.82) is 0 Å². The minimum atomic E-state index is -0.259. The van der Waals surface area contributed by atoms with Crippen LogP contribution in [0.5, 0.6) is 0 Å². The lowest BCUT2D eigenvalue weighted by Crippen LogP contribution is -2.17. The lowest BCUT2D eigenvalue weighted by atomic mass is 10.2. The Balaban J connectivity index is 1.42. The number of hydrogen-bond donors (Lipinski definition) is 2. The van der Waals surface area contributed by atoms with Crippen LogP contribution in [0, 0.1) is 0 Å². The molecule has 5 aromatic rings. The number of para-hydroxylation sites is 1. The molecular formula is C25H18BrClN4O. The Morgan fingerprint density at radius 1 is 1.09 bits per heavy atom. The third-order valence-corrected chi connectivity index (χ3v) is 6.09. The number of hydrogen-bond acceptors (Lipinski definition) is 2. The van der Waals surface area contributed by atoms with E-state index in [0.717, 1.165) is 37.4 Å². The van der Waals surface area contributed by atoms with Gasteiger partial charge in [-0.15, -0.1) is 0 Å². The number of rotatable bonds is 5. The van der Waals surface area contributed by atoms with Gasteiger partial charge in [-0.3, -0.25) is 4.79 Å². The van der Waals surface area contributed by atoms with Gasteiger partial charge in [0.25, 0.3) is 5.91 Å². The summed E-state index contributed by atoms with van der Waals surface area (Å²) in [6, 6.07) is 21.6. The molecular weight excluding hydrogens is 488 g/mol. The Morgan fingerprint density at radius 3 is 2.75 bits per heavy atom. The van der Waals surface area contributed by atoms with Crippen LogP contribution in [0.3, 0.4) is 0 Å². The van der Waals surface area contributed by atoms with Crippen molar-refractivity contribution >= 4 is 61.5 Å². The first-order chi connectivity index (χ1) is 15.6. The van der Waals surface area contributed by atoms with E-state index in [2.05, 4.69) is 48.1 Å². The Morgan fingerprint density at radius 2 is 1.91 bits per heavy atom. The van der Waals surface area contributed by atoms with E-state index in [9.17, 15) is 4.79 Å². The van der Waals surface area contributed by atoms with Crippen molar-refractivity contribution in [3.8, 4) is 0 Å². The first kappa shape index (κ1) is 20.5. The van der Waals surface area contributed by atoms with E-state index in [1.807, 2.05) is 60.8 Å². The number of H-pyrrole nitrogens is 1. The van der Waals surface area contributed by atoms with Gasteiger partial charge in [0, 0.05) is 55.8 Å². The highest BCUT2D eigenvalue weighted by Crippen LogP contribution is 2.25. The van der Waals surface area contributed by atoms with Gasteiger partial charge in [-0.2, -0.15) is 5.10 Å². The number of aromatic amines is 1. The normalized spacial score (nSPS) is 11.6. The fourth-order valence-corrected chi connectivity index (χ4v) is 4.28. The van der Waals surface area contributed by atoms with Gasteiger partial charge in [-0.1, -0.05) is 57.9 Å². The molecule has 2 aromatic heterocycles. The van der Waals surface area contributed by atoms with Crippen molar-refractivity contribution in [3.05, 3.63) is 105 Å². The van der Waals surface area contributed by atoms with Crippen LogP contribution in [0.2, 0.25) is 5.02 Å². The molecule has 0 fully saturated rings. The Labute approximate surface area is 197 Å². The van der Waals surface area contributed by atoms with Gasteiger partial charge in [0.15, 0.2) is 0 Å². The number of hydrazone groups is 1. The fourth-order valence-electron chi connectivity index (χ4n) is 3.80. The number of benzene rings is 3. The average Bonchev–Trinajstić information content (AvgIpc) is 3.37. The van der Waals surface area contributed by atoms with Crippen molar-refractivity contribution in [2.75, 3.05) is 0 Å². The molecule has 0 aliphatic rings. The lowest BCUT2D eigenvalue weighted by Gasteiger charge is -2.06. The minimum Gasteiger partial charge on any atom is -0.360 e. The minimum absolute atomic E-state index is 0.259. The van der Waals surface area contributed by atoms with Gasteiger partial charge < -0.3 is 9.55 Å². The first-order valence-electron chi connectivity index (χ1n) is 10.0. The van der Waals surface area contributed by atoms with Crippen LogP contribution in [0.1, 0.15) is 21.5 Å². The highest BCUT2D eigenvalue weighted by atomic mass is 79.9. The van der Waals surface area contributed by atoms with Crippen LogP contribution in [0.4, 0.5) is 0 Å². The second-order valence-corrected chi connectivity index (χ2v) is 8.80. The van der Waals surface area contributed by atoms with E-state index in [1.54, 1.807) is 12.4 Å². The zero-order chi connectivity index (χ0) is 22.1. The summed E-state index contributed by atoms with van der Waals surface area (Å²) in [6.45, 7) is 0.699. The first-order valence-corrected chi connectivity index (χ1v) is 11.2. The van der Waals surface area contributed by atoms with Gasteiger partial charge >= 0.3 is 0 Å². The highest BCUT2D eigenvalue weighted by molar-refractivity contribution is 9.10. The third-order valence-electron chi connectivity index (χ3n) is 5.34. The summed E-state index contributed by atoms with van der Waals surface area (Å²) in [5, 5.41) is 6.85. The summed E-state index contributed by atoms with van der Waals surface area (Å²) in [7, 11) is 0. The van der Waals surface area contributed by atoms with Crippen LogP contribution in [-0.4, -0.2) is 21.7 Å². The molecule has 0 aliphatic carbocycles.